The smallest absolute Gasteiger partial charge is 0.315 e. The lowest BCUT2D eigenvalue weighted by molar-refractivity contribution is 0.152. The summed E-state index contributed by atoms with van der Waals surface area (Å²) in [7, 11) is 1.56. The van der Waals surface area contributed by atoms with Crippen LogP contribution in [-0.4, -0.2) is 31.4 Å². The average molecular weight is 346 g/mol. The lowest BCUT2D eigenvalue weighted by Gasteiger charge is -2.18. The van der Waals surface area contributed by atoms with Gasteiger partial charge in [-0.2, -0.15) is 0 Å². The molecular weight excluding hydrogens is 320 g/mol. The number of carbonyl (C=O) groups excluding carboxylic acids is 1. The largest absolute Gasteiger partial charge is 0.464 e. The predicted octanol–water partition coefficient (Wildman–Crippen LogP) is 2.93. The molecule has 0 aliphatic carbocycles. The van der Waals surface area contributed by atoms with E-state index >= 15 is 0 Å². The van der Waals surface area contributed by atoms with Crippen molar-refractivity contribution >= 4 is 6.03 Å². The van der Waals surface area contributed by atoms with E-state index in [0.717, 1.165) is 22.5 Å². The van der Waals surface area contributed by atoms with Gasteiger partial charge in [-0.25, -0.2) is 4.79 Å². The van der Waals surface area contributed by atoms with Gasteiger partial charge in [0.1, 0.15) is 17.6 Å². The highest BCUT2D eigenvalue weighted by molar-refractivity contribution is 5.74. The van der Waals surface area contributed by atoms with Crippen LogP contribution in [0.15, 0.2) is 34.7 Å². The highest BCUT2D eigenvalue weighted by Gasteiger charge is 2.18. The third-order valence-corrected chi connectivity index (χ3v) is 3.83. The topological polar surface area (TPSA) is 83.7 Å². The van der Waals surface area contributed by atoms with Crippen molar-refractivity contribution in [2.24, 2.45) is 0 Å². The molecule has 0 aliphatic heterocycles. The van der Waals surface area contributed by atoms with E-state index in [2.05, 4.69) is 10.6 Å². The van der Waals surface area contributed by atoms with E-state index in [-0.39, 0.29) is 12.6 Å². The number of nitrogens with one attached hydrogen (secondary N) is 2. The Balaban J connectivity index is 1.92. The molecule has 0 unspecified atom stereocenters. The van der Waals surface area contributed by atoms with Crippen LogP contribution in [0.3, 0.4) is 0 Å². The number of aliphatic hydroxyl groups excluding tert-OH is 1. The number of methoxy groups -OCH3 is 1. The van der Waals surface area contributed by atoms with E-state index in [1.54, 1.807) is 7.11 Å². The molecule has 0 saturated heterocycles. The number of aliphatic hydroxyl groups is 1. The van der Waals surface area contributed by atoms with Crippen molar-refractivity contribution in [2.75, 3.05) is 20.3 Å². The van der Waals surface area contributed by atoms with Gasteiger partial charge in [0.2, 0.25) is 0 Å². The SMILES string of the molecule is COC[C@@H](NC(=O)NC[C@@H](O)c1cc(C)cc(C)c1)c1ccc(C)o1. The second kappa shape index (κ2) is 8.69. The predicted molar refractivity (Wildman–Crippen MR) is 95.5 cm³/mol. The molecule has 6 nitrogen and oxygen atoms in total. The van der Waals surface area contributed by atoms with E-state index < -0.39 is 12.1 Å². The van der Waals surface area contributed by atoms with Gasteiger partial charge in [-0.1, -0.05) is 29.3 Å². The average Bonchev–Trinajstić information content (AvgIpc) is 2.97. The number of ether oxygens (including phenoxy) is 1. The Bertz CT molecular complexity index is 691. The van der Waals surface area contributed by atoms with Crippen molar-refractivity contribution in [1.29, 1.82) is 0 Å². The molecule has 0 bridgehead atoms. The number of amides is 2. The van der Waals surface area contributed by atoms with Gasteiger partial charge < -0.3 is 24.9 Å². The first-order chi connectivity index (χ1) is 11.9. The lowest BCUT2D eigenvalue weighted by atomic mass is 10.0. The van der Waals surface area contributed by atoms with Gasteiger partial charge in [0, 0.05) is 13.7 Å². The first kappa shape index (κ1) is 19.0. The molecule has 1 aromatic carbocycles. The van der Waals surface area contributed by atoms with E-state index in [1.807, 2.05) is 51.1 Å². The van der Waals surface area contributed by atoms with Gasteiger partial charge in [0.15, 0.2) is 0 Å². The minimum absolute atomic E-state index is 0.117. The zero-order valence-corrected chi connectivity index (χ0v) is 15.1. The molecule has 2 aromatic rings. The molecule has 0 radical (unpaired) electrons. The van der Waals surface area contributed by atoms with Crippen molar-refractivity contribution < 1.29 is 19.1 Å². The molecule has 3 N–H and O–H groups in total. The quantitative estimate of drug-likeness (QED) is 0.720. The third-order valence-electron chi connectivity index (χ3n) is 3.83. The third kappa shape index (κ3) is 5.62. The standard InChI is InChI=1S/C19H26N2O4/c1-12-7-13(2)9-15(8-12)17(22)10-20-19(23)21-16(11-24-4)18-6-5-14(3)25-18/h5-9,16-17,22H,10-11H2,1-4H3,(H2,20,21,23)/t16-,17-/m1/s1. The summed E-state index contributed by atoms with van der Waals surface area (Å²) >= 11 is 0. The van der Waals surface area contributed by atoms with E-state index in [4.69, 9.17) is 9.15 Å². The Hall–Kier alpha value is -2.31. The molecule has 2 atom stereocenters. The first-order valence-electron chi connectivity index (χ1n) is 8.25. The molecule has 0 fully saturated rings. The summed E-state index contributed by atoms with van der Waals surface area (Å²) in [6, 6.07) is 8.73. The molecule has 2 rings (SSSR count). The fourth-order valence-electron chi connectivity index (χ4n) is 2.72. The van der Waals surface area contributed by atoms with Gasteiger partial charge in [-0.3, -0.25) is 0 Å². The van der Waals surface area contributed by atoms with Gasteiger partial charge in [0.25, 0.3) is 0 Å². The fraction of sp³-hybridized carbons (Fsp3) is 0.421. The van der Waals surface area contributed by atoms with Crippen molar-refractivity contribution in [3.05, 3.63) is 58.5 Å². The van der Waals surface area contributed by atoms with Crippen LogP contribution in [0.5, 0.6) is 0 Å². The Kier molecular flexibility index (Phi) is 6.61. The van der Waals surface area contributed by atoms with E-state index in [0.29, 0.717) is 12.4 Å². The highest BCUT2D eigenvalue weighted by atomic mass is 16.5. The van der Waals surface area contributed by atoms with Crippen LogP contribution in [0, 0.1) is 20.8 Å². The van der Waals surface area contributed by atoms with Crippen LogP contribution in [-0.2, 0) is 4.74 Å². The number of hydrogen-bond acceptors (Lipinski definition) is 4. The van der Waals surface area contributed by atoms with Crippen LogP contribution < -0.4 is 10.6 Å². The summed E-state index contributed by atoms with van der Waals surface area (Å²) in [6.45, 7) is 6.20. The molecule has 25 heavy (non-hydrogen) atoms. The molecule has 0 aliphatic rings. The molecule has 6 heteroatoms. The minimum atomic E-state index is -0.768. The molecule has 1 aromatic heterocycles. The summed E-state index contributed by atoms with van der Waals surface area (Å²) in [4.78, 5) is 12.1. The molecule has 1 heterocycles. The lowest BCUT2D eigenvalue weighted by Crippen LogP contribution is -2.41. The van der Waals surface area contributed by atoms with Crippen molar-refractivity contribution in [3.8, 4) is 0 Å². The summed E-state index contributed by atoms with van der Waals surface area (Å²) in [5.41, 5.74) is 2.94. The monoisotopic (exact) mass is 346 g/mol. The fourth-order valence-corrected chi connectivity index (χ4v) is 2.72. The van der Waals surface area contributed by atoms with Crippen LogP contribution in [0.25, 0.3) is 0 Å². The Morgan fingerprint density at radius 2 is 1.88 bits per heavy atom. The zero-order chi connectivity index (χ0) is 18.4. The Labute approximate surface area is 148 Å². The normalized spacial score (nSPS) is 13.3. The summed E-state index contributed by atoms with van der Waals surface area (Å²) in [5, 5.41) is 15.8. The number of benzene rings is 1. The number of rotatable bonds is 7. The van der Waals surface area contributed by atoms with Gasteiger partial charge in [-0.05, 0) is 38.5 Å². The van der Waals surface area contributed by atoms with Gasteiger partial charge in [0.05, 0.1) is 12.7 Å². The van der Waals surface area contributed by atoms with Crippen LogP contribution >= 0.6 is 0 Å². The van der Waals surface area contributed by atoms with Crippen molar-refractivity contribution in [1.82, 2.24) is 10.6 Å². The van der Waals surface area contributed by atoms with Gasteiger partial charge in [-0.15, -0.1) is 0 Å². The number of urea groups is 1. The maximum atomic E-state index is 12.1. The van der Waals surface area contributed by atoms with E-state index in [1.165, 1.54) is 0 Å². The Morgan fingerprint density at radius 3 is 2.44 bits per heavy atom. The first-order valence-corrected chi connectivity index (χ1v) is 8.25. The molecular formula is C19H26N2O4. The number of carbonyl (C=O) groups is 1. The maximum absolute atomic E-state index is 12.1. The van der Waals surface area contributed by atoms with Crippen LogP contribution in [0.1, 0.15) is 40.4 Å². The number of hydrogen-bond donors (Lipinski definition) is 3. The zero-order valence-electron chi connectivity index (χ0n) is 15.1. The van der Waals surface area contributed by atoms with Crippen molar-refractivity contribution in [3.63, 3.8) is 0 Å². The summed E-state index contributed by atoms with van der Waals surface area (Å²) in [6.07, 6.45) is -0.768. The maximum Gasteiger partial charge on any atom is 0.315 e. The highest BCUT2D eigenvalue weighted by Crippen LogP contribution is 2.18. The van der Waals surface area contributed by atoms with Crippen molar-refractivity contribution in [2.45, 2.75) is 32.9 Å². The minimum Gasteiger partial charge on any atom is -0.464 e. The molecule has 0 saturated carbocycles. The summed E-state index contributed by atoms with van der Waals surface area (Å²) in [5.74, 6) is 1.40. The van der Waals surface area contributed by atoms with Crippen LogP contribution in [0.2, 0.25) is 0 Å². The second-order valence-corrected chi connectivity index (χ2v) is 6.25. The molecule has 0 spiro atoms. The van der Waals surface area contributed by atoms with Gasteiger partial charge >= 0.3 is 6.03 Å². The van der Waals surface area contributed by atoms with E-state index in [9.17, 15) is 9.90 Å². The number of furan rings is 1. The van der Waals surface area contributed by atoms with Crippen LogP contribution in [0.4, 0.5) is 4.79 Å². The Morgan fingerprint density at radius 1 is 1.20 bits per heavy atom. The molecule has 2 amide bonds. The second-order valence-electron chi connectivity index (χ2n) is 6.25. The summed E-state index contributed by atoms with van der Waals surface area (Å²) < 4.78 is 10.7. The molecule has 136 valence electrons. The number of aryl methyl sites for hydroxylation is 3.